The lowest BCUT2D eigenvalue weighted by Crippen LogP contribution is -2.18. The quantitative estimate of drug-likeness (QED) is 0.443. The number of benzene rings is 2. The molecule has 2 aromatic carbocycles. The van der Waals surface area contributed by atoms with E-state index in [-0.39, 0.29) is 21.5 Å². The first kappa shape index (κ1) is 21.2. The Morgan fingerprint density at radius 1 is 0.667 bits per heavy atom. The van der Waals surface area contributed by atoms with Crippen LogP contribution in [0, 0.1) is 0 Å². The first-order chi connectivity index (χ1) is 12.4. The monoisotopic (exact) mass is 434 g/mol. The van der Waals surface area contributed by atoms with E-state index in [1.807, 2.05) is 0 Å². The van der Waals surface area contributed by atoms with Crippen molar-refractivity contribution in [3.05, 3.63) is 46.4 Å². The Morgan fingerprint density at radius 2 is 1.04 bits per heavy atom. The van der Waals surface area contributed by atoms with Gasteiger partial charge < -0.3 is 18.8 Å². The summed E-state index contributed by atoms with van der Waals surface area (Å²) in [5.74, 6) is -1.54. The predicted molar refractivity (Wildman–Crippen MR) is 84.7 cm³/mol. The highest BCUT2D eigenvalue weighted by molar-refractivity contribution is 6.32. The van der Waals surface area contributed by atoms with Gasteiger partial charge in [0.2, 0.25) is 0 Å². The fraction of sp³-hybridized carbons (Fsp3) is 0.143. The third kappa shape index (κ3) is 7.18. The molecule has 0 spiro atoms. The lowest BCUT2D eigenvalue weighted by molar-refractivity contribution is -0.275. The summed E-state index contributed by atoms with van der Waals surface area (Å²) in [6, 6.07) is 6.45. The van der Waals surface area contributed by atoms with Crippen LogP contribution in [0.15, 0.2) is 36.4 Å². The van der Waals surface area contributed by atoms with E-state index in [1.54, 1.807) is 0 Å². The Bertz CT molecular complexity index is 735. The topological polar surface area (TPSA) is 36.9 Å². The molecule has 0 saturated carbocycles. The van der Waals surface area contributed by atoms with Crippen molar-refractivity contribution in [3.8, 4) is 23.0 Å². The zero-order chi connectivity index (χ0) is 20.2. The zero-order valence-electron chi connectivity index (χ0n) is 12.8. The van der Waals surface area contributed by atoms with Crippen molar-refractivity contribution in [2.45, 2.75) is 12.7 Å². The van der Waals surface area contributed by atoms with Crippen LogP contribution in [0.4, 0.5) is 26.3 Å². The van der Waals surface area contributed by atoms with Crippen molar-refractivity contribution in [1.29, 1.82) is 0 Å². The van der Waals surface area contributed by atoms with E-state index in [0.29, 0.717) is 0 Å². The molecular formula is C14H7BCl2F6O4. The van der Waals surface area contributed by atoms with E-state index in [9.17, 15) is 26.3 Å². The fourth-order valence-electron chi connectivity index (χ4n) is 1.72. The van der Waals surface area contributed by atoms with E-state index >= 15 is 0 Å². The van der Waals surface area contributed by atoms with Crippen molar-refractivity contribution in [3.63, 3.8) is 0 Å². The van der Waals surface area contributed by atoms with Crippen LogP contribution < -0.4 is 18.8 Å². The highest BCUT2D eigenvalue weighted by atomic mass is 35.5. The van der Waals surface area contributed by atoms with Crippen LogP contribution in [-0.4, -0.2) is 20.4 Å². The standard InChI is InChI=1S/C14H7BCl2F6O4/c16-9-3-1-7(5-11(9)24-13(18,19)20)26-15-27-8-2-4-10(17)12(6-8)25-14(21,22)23/h1-6,15H. The summed E-state index contributed by atoms with van der Waals surface area (Å²) in [6.45, 7) is 0. The van der Waals surface area contributed by atoms with Gasteiger partial charge in [0.25, 0.3) is 0 Å². The molecule has 27 heavy (non-hydrogen) atoms. The van der Waals surface area contributed by atoms with Gasteiger partial charge in [-0.1, -0.05) is 23.2 Å². The fourth-order valence-corrected chi connectivity index (χ4v) is 2.03. The largest absolute Gasteiger partial charge is 0.576 e. The third-order valence-electron chi connectivity index (χ3n) is 2.71. The molecule has 2 rings (SSSR count). The third-order valence-corrected chi connectivity index (χ3v) is 3.33. The van der Waals surface area contributed by atoms with Gasteiger partial charge in [-0.15, -0.1) is 26.3 Å². The molecule has 0 unspecified atom stereocenters. The molecule has 4 nitrogen and oxygen atoms in total. The van der Waals surface area contributed by atoms with Crippen molar-refractivity contribution >= 4 is 30.9 Å². The van der Waals surface area contributed by atoms with Gasteiger partial charge in [-0.3, -0.25) is 0 Å². The Labute approximate surface area is 158 Å². The summed E-state index contributed by atoms with van der Waals surface area (Å²) < 4.78 is 91.2. The van der Waals surface area contributed by atoms with Crippen LogP contribution in [0.3, 0.4) is 0 Å². The molecule has 13 heteroatoms. The Balaban J connectivity index is 2.00. The van der Waals surface area contributed by atoms with E-state index in [4.69, 9.17) is 32.5 Å². The van der Waals surface area contributed by atoms with Gasteiger partial charge in [-0.05, 0) is 24.3 Å². The van der Waals surface area contributed by atoms with Gasteiger partial charge >= 0.3 is 20.4 Å². The number of alkyl halides is 6. The number of hydrogen-bond donors (Lipinski definition) is 0. The summed E-state index contributed by atoms with van der Waals surface area (Å²) in [5.41, 5.74) is 0. The molecule has 0 saturated heterocycles. The molecule has 0 amide bonds. The minimum absolute atomic E-state index is 0.0839. The van der Waals surface area contributed by atoms with E-state index in [2.05, 4.69) is 9.47 Å². The average Bonchev–Trinajstić information content (AvgIpc) is 2.51. The highest BCUT2D eigenvalue weighted by Gasteiger charge is 2.33. The second kappa shape index (κ2) is 8.26. The minimum atomic E-state index is -4.95. The number of hydrogen-bond acceptors (Lipinski definition) is 4. The SMILES string of the molecule is FC(F)(F)Oc1cc(OBOc2ccc(Cl)c(OC(F)(F)F)c2)ccc1Cl. The minimum Gasteiger partial charge on any atom is -0.528 e. The molecule has 0 aliphatic rings. The maximum Gasteiger partial charge on any atom is 0.576 e. The second-order valence-electron chi connectivity index (χ2n) is 4.69. The van der Waals surface area contributed by atoms with Crippen LogP contribution in [-0.2, 0) is 0 Å². The number of ether oxygens (including phenoxy) is 2. The molecule has 0 heterocycles. The molecular weight excluding hydrogens is 428 g/mol. The Morgan fingerprint density at radius 3 is 1.37 bits per heavy atom. The summed E-state index contributed by atoms with van der Waals surface area (Å²) in [5, 5.41) is -0.598. The van der Waals surface area contributed by atoms with Gasteiger partial charge in [0.05, 0.1) is 10.0 Å². The van der Waals surface area contributed by atoms with Crippen LogP contribution in [0.1, 0.15) is 0 Å². The van der Waals surface area contributed by atoms with Crippen molar-refractivity contribution in [1.82, 2.24) is 0 Å². The van der Waals surface area contributed by atoms with Gasteiger partial charge in [-0.25, -0.2) is 0 Å². The second-order valence-corrected chi connectivity index (χ2v) is 5.50. The summed E-state index contributed by atoms with van der Waals surface area (Å²) in [6.07, 6.45) is -9.89. The normalized spacial score (nSPS) is 11.7. The molecule has 0 fully saturated rings. The van der Waals surface area contributed by atoms with Gasteiger partial charge in [0.15, 0.2) is 11.5 Å². The molecule has 0 N–H and O–H groups in total. The number of halogens is 8. The van der Waals surface area contributed by atoms with Gasteiger partial charge in [0.1, 0.15) is 11.5 Å². The first-order valence-corrected chi connectivity index (χ1v) is 7.55. The molecule has 0 aliphatic heterocycles. The molecule has 0 radical (unpaired) electrons. The summed E-state index contributed by atoms with van der Waals surface area (Å²) in [7, 11) is -0.541. The lowest BCUT2D eigenvalue weighted by Gasteiger charge is -2.14. The maximum atomic E-state index is 12.3. The lowest BCUT2D eigenvalue weighted by atomic mass is 10.2. The first-order valence-electron chi connectivity index (χ1n) is 6.79. The summed E-state index contributed by atoms with van der Waals surface area (Å²) in [4.78, 5) is 0. The molecule has 2 aromatic rings. The van der Waals surface area contributed by atoms with Crippen molar-refractivity contribution < 1.29 is 45.1 Å². The zero-order valence-corrected chi connectivity index (χ0v) is 14.3. The van der Waals surface area contributed by atoms with E-state index < -0.39 is 31.9 Å². The Kier molecular flexibility index (Phi) is 6.48. The van der Waals surface area contributed by atoms with E-state index in [0.717, 1.165) is 24.3 Å². The Hall–Kier alpha value is -2.14. The molecule has 146 valence electrons. The molecule has 0 aliphatic carbocycles. The maximum absolute atomic E-state index is 12.3. The van der Waals surface area contributed by atoms with Crippen LogP contribution >= 0.6 is 23.2 Å². The smallest absolute Gasteiger partial charge is 0.528 e. The predicted octanol–water partition coefficient (Wildman–Crippen LogP) is 5.51. The molecule has 0 aromatic heterocycles. The molecule has 0 atom stereocenters. The van der Waals surface area contributed by atoms with Crippen molar-refractivity contribution in [2.24, 2.45) is 0 Å². The van der Waals surface area contributed by atoms with Gasteiger partial charge in [-0.2, -0.15) is 0 Å². The molecule has 0 bridgehead atoms. The van der Waals surface area contributed by atoms with Crippen LogP contribution in [0.25, 0.3) is 0 Å². The van der Waals surface area contributed by atoms with Crippen LogP contribution in [0.5, 0.6) is 23.0 Å². The van der Waals surface area contributed by atoms with Crippen molar-refractivity contribution in [2.75, 3.05) is 0 Å². The number of rotatable bonds is 6. The average molecular weight is 435 g/mol. The highest BCUT2D eigenvalue weighted by Crippen LogP contribution is 2.34. The van der Waals surface area contributed by atoms with Crippen LogP contribution in [0.2, 0.25) is 10.0 Å². The van der Waals surface area contributed by atoms with E-state index in [1.165, 1.54) is 12.1 Å². The van der Waals surface area contributed by atoms with Gasteiger partial charge in [0, 0.05) is 12.1 Å². The summed E-state index contributed by atoms with van der Waals surface area (Å²) >= 11 is 11.2.